The lowest BCUT2D eigenvalue weighted by Gasteiger charge is -2.08. The molecule has 0 atom stereocenters. The van der Waals surface area contributed by atoms with Crippen LogP contribution in [0.2, 0.25) is 0 Å². The smallest absolute Gasteiger partial charge is 0.233 e. The maximum absolute atomic E-state index is 11.6. The van der Waals surface area contributed by atoms with E-state index in [4.69, 9.17) is 0 Å². The normalized spacial score (nSPS) is 10.2. The first-order valence-corrected chi connectivity index (χ1v) is 6.59. The number of halogens is 1. The van der Waals surface area contributed by atoms with Gasteiger partial charge in [0.25, 0.3) is 0 Å². The minimum Gasteiger partial charge on any atom is -0.355 e. The molecule has 5 heteroatoms. The van der Waals surface area contributed by atoms with Gasteiger partial charge in [0.2, 0.25) is 11.8 Å². The number of anilines is 1. The molecular weight excluding hydrogens is 296 g/mol. The number of carbonyl (C=O) groups excluding carboxylic acids is 2. The van der Waals surface area contributed by atoms with Crippen LogP contribution in [0.15, 0.2) is 28.7 Å². The first kappa shape index (κ1) is 14.7. The van der Waals surface area contributed by atoms with E-state index in [1.54, 1.807) is 12.1 Å². The van der Waals surface area contributed by atoms with Crippen molar-refractivity contribution >= 4 is 33.4 Å². The van der Waals surface area contributed by atoms with Crippen molar-refractivity contribution in [2.24, 2.45) is 5.92 Å². The van der Waals surface area contributed by atoms with Gasteiger partial charge in [0.15, 0.2) is 0 Å². The third-order valence-corrected chi connectivity index (χ3v) is 2.69. The van der Waals surface area contributed by atoms with Gasteiger partial charge in [0.05, 0.1) is 0 Å². The van der Waals surface area contributed by atoms with Gasteiger partial charge in [-0.25, -0.2) is 0 Å². The topological polar surface area (TPSA) is 58.2 Å². The number of rotatable bonds is 5. The molecule has 2 N–H and O–H groups in total. The van der Waals surface area contributed by atoms with Crippen LogP contribution in [-0.4, -0.2) is 18.4 Å². The Morgan fingerprint density at radius 2 is 1.78 bits per heavy atom. The summed E-state index contributed by atoms with van der Waals surface area (Å²) < 4.78 is 0.940. The summed E-state index contributed by atoms with van der Waals surface area (Å²) in [6.07, 6.45) is -0.150. The first-order valence-electron chi connectivity index (χ1n) is 5.79. The van der Waals surface area contributed by atoms with E-state index in [9.17, 15) is 9.59 Å². The number of nitrogens with one attached hydrogen (secondary N) is 2. The van der Waals surface area contributed by atoms with Gasteiger partial charge >= 0.3 is 0 Å². The van der Waals surface area contributed by atoms with Crippen LogP contribution < -0.4 is 10.6 Å². The van der Waals surface area contributed by atoms with Crippen molar-refractivity contribution in [1.29, 1.82) is 0 Å². The summed E-state index contributed by atoms with van der Waals surface area (Å²) in [5.41, 5.74) is 0.680. The number of amides is 2. The number of carbonyl (C=O) groups is 2. The lowest BCUT2D eigenvalue weighted by Crippen LogP contribution is -2.30. The van der Waals surface area contributed by atoms with Crippen LogP contribution in [0.3, 0.4) is 0 Å². The Morgan fingerprint density at radius 3 is 2.33 bits per heavy atom. The van der Waals surface area contributed by atoms with Crippen LogP contribution in [0.25, 0.3) is 0 Å². The van der Waals surface area contributed by atoms with Gasteiger partial charge in [-0.3, -0.25) is 9.59 Å². The highest BCUT2D eigenvalue weighted by Crippen LogP contribution is 2.14. The van der Waals surface area contributed by atoms with E-state index in [0.717, 1.165) is 4.47 Å². The zero-order valence-electron chi connectivity index (χ0n) is 10.5. The zero-order chi connectivity index (χ0) is 13.5. The Balaban J connectivity index is 2.37. The van der Waals surface area contributed by atoms with Crippen molar-refractivity contribution < 1.29 is 9.59 Å². The Hall–Kier alpha value is -1.36. The second-order valence-electron chi connectivity index (χ2n) is 4.43. The van der Waals surface area contributed by atoms with E-state index >= 15 is 0 Å². The van der Waals surface area contributed by atoms with Crippen LogP contribution >= 0.6 is 15.9 Å². The Labute approximate surface area is 115 Å². The molecule has 1 aromatic rings. The third kappa shape index (κ3) is 5.82. The van der Waals surface area contributed by atoms with Crippen LogP contribution in [0, 0.1) is 5.92 Å². The van der Waals surface area contributed by atoms with Crippen LogP contribution in [-0.2, 0) is 9.59 Å². The van der Waals surface area contributed by atoms with E-state index in [1.807, 2.05) is 26.0 Å². The number of benzene rings is 1. The molecule has 0 saturated carbocycles. The summed E-state index contributed by atoms with van der Waals surface area (Å²) in [7, 11) is 0. The lowest BCUT2D eigenvalue weighted by atomic mass is 10.2. The molecule has 0 spiro atoms. The molecule has 0 radical (unpaired) electrons. The van der Waals surface area contributed by atoms with Crippen molar-refractivity contribution in [3.63, 3.8) is 0 Å². The standard InChI is InChI=1S/C13H17BrN2O2/c1-9(2)8-15-12(17)7-13(18)16-11-5-3-10(14)4-6-11/h3-6,9H,7-8H2,1-2H3,(H,15,17)(H,16,18). The molecule has 0 heterocycles. The second-order valence-corrected chi connectivity index (χ2v) is 5.35. The molecule has 2 amide bonds. The lowest BCUT2D eigenvalue weighted by molar-refractivity contribution is -0.126. The predicted octanol–water partition coefficient (Wildman–Crippen LogP) is 2.55. The monoisotopic (exact) mass is 312 g/mol. The van der Waals surface area contributed by atoms with Gasteiger partial charge in [-0.2, -0.15) is 0 Å². The molecule has 0 fully saturated rings. The summed E-state index contributed by atoms with van der Waals surface area (Å²) in [4.78, 5) is 23.0. The molecule has 0 bridgehead atoms. The van der Waals surface area contributed by atoms with Crippen molar-refractivity contribution in [3.05, 3.63) is 28.7 Å². The molecule has 18 heavy (non-hydrogen) atoms. The minimum absolute atomic E-state index is 0.150. The minimum atomic E-state index is -0.307. The fourth-order valence-corrected chi connectivity index (χ4v) is 1.53. The van der Waals surface area contributed by atoms with Crippen molar-refractivity contribution in [1.82, 2.24) is 5.32 Å². The SMILES string of the molecule is CC(C)CNC(=O)CC(=O)Nc1ccc(Br)cc1. The molecule has 0 saturated heterocycles. The van der Waals surface area contributed by atoms with Crippen molar-refractivity contribution in [2.75, 3.05) is 11.9 Å². The average Bonchev–Trinajstić information content (AvgIpc) is 2.29. The molecular formula is C13H17BrN2O2. The average molecular weight is 313 g/mol. The van der Waals surface area contributed by atoms with E-state index in [0.29, 0.717) is 18.2 Å². The molecule has 0 aliphatic heterocycles. The Bertz CT molecular complexity index is 416. The highest BCUT2D eigenvalue weighted by Gasteiger charge is 2.09. The fraction of sp³-hybridized carbons (Fsp3) is 0.385. The van der Waals surface area contributed by atoms with E-state index in [1.165, 1.54) is 0 Å². The number of hydrogen-bond donors (Lipinski definition) is 2. The maximum Gasteiger partial charge on any atom is 0.233 e. The zero-order valence-corrected chi connectivity index (χ0v) is 12.1. The summed E-state index contributed by atoms with van der Waals surface area (Å²) in [6, 6.07) is 7.20. The third-order valence-electron chi connectivity index (χ3n) is 2.16. The molecule has 1 rings (SSSR count). The van der Waals surface area contributed by atoms with E-state index in [-0.39, 0.29) is 18.2 Å². The van der Waals surface area contributed by atoms with Gasteiger partial charge in [0, 0.05) is 16.7 Å². The van der Waals surface area contributed by atoms with Crippen LogP contribution in [0.1, 0.15) is 20.3 Å². The van der Waals surface area contributed by atoms with Crippen molar-refractivity contribution in [2.45, 2.75) is 20.3 Å². The molecule has 4 nitrogen and oxygen atoms in total. The van der Waals surface area contributed by atoms with Crippen molar-refractivity contribution in [3.8, 4) is 0 Å². The van der Waals surface area contributed by atoms with Gasteiger partial charge in [-0.15, -0.1) is 0 Å². The number of hydrogen-bond acceptors (Lipinski definition) is 2. The quantitative estimate of drug-likeness (QED) is 0.821. The Morgan fingerprint density at radius 1 is 1.17 bits per heavy atom. The molecule has 0 aliphatic carbocycles. The molecule has 1 aromatic carbocycles. The van der Waals surface area contributed by atoms with Gasteiger partial charge in [-0.05, 0) is 30.2 Å². The summed E-state index contributed by atoms with van der Waals surface area (Å²) in [5.74, 6) is -0.180. The van der Waals surface area contributed by atoms with E-state index in [2.05, 4.69) is 26.6 Å². The molecule has 0 aromatic heterocycles. The maximum atomic E-state index is 11.6. The highest BCUT2D eigenvalue weighted by molar-refractivity contribution is 9.10. The molecule has 0 aliphatic rings. The Kier molecular flexibility index (Phi) is 5.85. The van der Waals surface area contributed by atoms with Crippen LogP contribution in [0.4, 0.5) is 5.69 Å². The molecule has 0 unspecified atom stereocenters. The van der Waals surface area contributed by atoms with Gasteiger partial charge < -0.3 is 10.6 Å². The summed E-state index contributed by atoms with van der Waals surface area (Å²) in [5, 5.41) is 5.37. The van der Waals surface area contributed by atoms with E-state index < -0.39 is 0 Å². The fourth-order valence-electron chi connectivity index (χ4n) is 1.26. The van der Waals surface area contributed by atoms with Gasteiger partial charge in [-0.1, -0.05) is 29.8 Å². The summed E-state index contributed by atoms with van der Waals surface area (Å²) in [6.45, 7) is 4.59. The first-order chi connectivity index (χ1) is 8.47. The van der Waals surface area contributed by atoms with Gasteiger partial charge in [0.1, 0.15) is 6.42 Å². The highest BCUT2D eigenvalue weighted by atomic mass is 79.9. The largest absolute Gasteiger partial charge is 0.355 e. The molecule has 98 valence electrons. The predicted molar refractivity (Wildman–Crippen MR) is 75.2 cm³/mol. The second kappa shape index (κ2) is 7.16. The summed E-state index contributed by atoms with van der Waals surface area (Å²) >= 11 is 3.31. The van der Waals surface area contributed by atoms with Crippen LogP contribution in [0.5, 0.6) is 0 Å².